The molecule has 2 unspecified atom stereocenters. The number of fused-ring (bicyclic) bond motifs is 4. The van der Waals surface area contributed by atoms with Crippen LogP contribution in [0.25, 0.3) is 0 Å². The Kier molecular flexibility index (Phi) is 4.67. The number of ether oxygens (including phenoxy) is 2. The maximum Gasteiger partial charge on any atom is 0.404 e. The fourth-order valence-electron chi connectivity index (χ4n) is 5.22. The van der Waals surface area contributed by atoms with Crippen LogP contribution in [0.15, 0.2) is 22.5 Å². The summed E-state index contributed by atoms with van der Waals surface area (Å²) in [7, 11) is 3.51. The van der Waals surface area contributed by atoms with Gasteiger partial charge in [-0.1, -0.05) is 0 Å². The van der Waals surface area contributed by atoms with E-state index in [4.69, 9.17) is 20.3 Å². The molecule has 10 nitrogen and oxygen atoms in total. The van der Waals surface area contributed by atoms with E-state index in [-0.39, 0.29) is 42.6 Å². The van der Waals surface area contributed by atoms with Crippen LogP contribution in [0.1, 0.15) is 13.3 Å². The molecule has 0 aromatic rings. The van der Waals surface area contributed by atoms with E-state index in [1.165, 1.54) is 0 Å². The third kappa shape index (κ3) is 2.55. The highest BCUT2D eigenvalue weighted by molar-refractivity contribution is 6.25. The first kappa shape index (κ1) is 19.9. The van der Waals surface area contributed by atoms with Crippen LogP contribution in [-0.4, -0.2) is 90.8 Å². The number of ketones is 2. The van der Waals surface area contributed by atoms with E-state index >= 15 is 0 Å². The number of nitrogens with zero attached hydrogens (tertiary/aromatic N) is 2. The van der Waals surface area contributed by atoms with Crippen LogP contribution in [0.5, 0.6) is 0 Å². The Labute approximate surface area is 168 Å². The Morgan fingerprint density at radius 1 is 1.38 bits per heavy atom. The van der Waals surface area contributed by atoms with Gasteiger partial charge in [-0.2, -0.15) is 0 Å². The van der Waals surface area contributed by atoms with E-state index in [0.717, 1.165) is 0 Å². The molecular formula is C19H26N4O6. The summed E-state index contributed by atoms with van der Waals surface area (Å²) >= 11 is 0. The van der Waals surface area contributed by atoms with Gasteiger partial charge in [-0.05, 0) is 20.4 Å². The Balaban J connectivity index is 1.76. The van der Waals surface area contributed by atoms with E-state index in [1.807, 2.05) is 11.9 Å². The number of aliphatic hydroxyl groups is 1. The number of nitrogens with one attached hydrogen (secondary N) is 1. The van der Waals surface area contributed by atoms with Crippen molar-refractivity contribution < 1.29 is 29.0 Å². The van der Waals surface area contributed by atoms with E-state index in [2.05, 4.69) is 10.2 Å². The van der Waals surface area contributed by atoms with E-state index in [1.54, 1.807) is 14.0 Å². The van der Waals surface area contributed by atoms with Gasteiger partial charge in [0.15, 0.2) is 5.72 Å². The number of aliphatic hydroxyl groups excluding tert-OH is 1. The minimum absolute atomic E-state index is 0.0220. The van der Waals surface area contributed by atoms with Gasteiger partial charge >= 0.3 is 6.09 Å². The van der Waals surface area contributed by atoms with Gasteiger partial charge in [-0.3, -0.25) is 14.5 Å². The predicted molar refractivity (Wildman–Crippen MR) is 100 cm³/mol. The molecule has 3 aliphatic heterocycles. The molecule has 4 rings (SSSR count). The van der Waals surface area contributed by atoms with Crippen LogP contribution in [0, 0.1) is 5.92 Å². The van der Waals surface area contributed by atoms with Crippen molar-refractivity contribution in [1.82, 2.24) is 15.1 Å². The summed E-state index contributed by atoms with van der Waals surface area (Å²) in [4.78, 5) is 42.0. The van der Waals surface area contributed by atoms with Crippen molar-refractivity contribution in [3.63, 3.8) is 0 Å². The summed E-state index contributed by atoms with van der Waals surface area (Å²) in [5, 5.41) is 12.0. The number of methoxy groups -OCH3 is 1. The highest BCUT2D eigenvalue weighted by Gasteiger charge is 2.75. The van der Waals surface area contributed by atoms with Gasteiger partial charge in [-0.25, -0.2) is 4.79 Å². The fraction of sp³-hybridized carbons (Fsp3) is 0.632. The first-order chi connectivity index (χ1) is 13.8. The zero-order valence-electron chi connectivity index (χ0n) is 16.7. The number of piperazine rings is 1. The van der Waals surface area contributed by atoms with Crippen LogP contribution in [0.2, 0.25) is 0 Å². The summed E-state index contributed by atoms with van der Waals surface area (Å²) in [6.07, 6.45) is -0.501. The average Bonchev–Trinajstić information content (AvgIpc) is 3.07. The quantitative estimate of drug-likeness (QED) is 0.268. The highest BCUT2D eigenvalue weighted by atomic mass is 16.6. The molecule has 4 aliphatic rings. The van der Waals surface area contributed by atoms with Gasteiger partial charge in [0, 0.05) is 44.0 Å². The highest BCUT2D eigenvalue weighted by Crippen LogP contribution is 2.59. The third-order valence-electron chi connectivity index (χ3n) is 6.58. The van der Waals surface area contributed by atoms with Crippen LogP contribution in [0.4, 0.5) is 4.79 Å². The summed E-state index contributed by atoms with van der Waals surface area (Å²) < 4.78 is 11.1. The lowest BCUT2D eigenvalue weighted by Gasteiger charge is -2.40. The van der Waals surface area contributed by atoms with Crippen LogP contribution < -0.4 is 11.1 Å². The van der Waals surface area contributed by atoms with Crippen LogP contribution in [-0.2, 0) is 19.1 Å². The molecule has 0 spiro atoms. The van der Waals surface area contributed by atoms with Crippen LogP contribution in [0.3, 0.4) is 0 Å². The van der Waals surface area contributed by atoms with Gasteiger partial charge in [0.05, 0.1) is 23.4 Å². The lowest BCUT2D eigenvalue weighted by atomic mass is 9.82. The van der Waals surface area contributed by atoms with E-state index in [0.29, 0.717) is 36.4 Å². The number of carbonyl (C=O) groups is 3. The standard InChI is InChI=1S/C19H26N4O6/c1-9-13(21-5-4-6-24)16(26)12-10(8-29-18(20)27)19(28-3)17-11(22(17)2)7-23(19)14(12)15(9)25/h10-11,17,21,24H,4-8H2,1-3H3,(H2,20,27)/t10-,11+,17+,19?,22?/m0/s1. The lowest BCUT2D eigenvalue weighted by Crippen LogP contribution is -2.55. The van der Waals surface area contributed by atoms with E-state index in [9.17, 15) is 14.4 Å². The Morgan fingerprint density at radius 2 is 2.10 bits per heavy atom. The van der Waals surface area contributed by atoms with Crippen molar-refractivity contribution in [2.75, 3.05) is 40.5 Å². The van der Waals surface area contributed by atoms with Crippen molar-refractivity contribution >= 4 is 17.7 Å². The van der Waals surface area contributed by atoms with E-state index < -0.39 is 17.7 Å². The van der Waals surface area contributed by atoms with Crippen molar-refractivity contribution in [3.8, 4) is 0 Å². The molecule has 2 fully saturated rings. The molecule has 3 heterocycles. The molecular weight excluding hydrogens is 380 g/mol. The molecule has 0 aromatic carbocycles. The summed E-state index contributed by atoms with van der Waals surface area (Å²) in [6.45, 7) is 2.36. The third-order valence-corrected chi connectivity index (χ3v) is 6.58. The molecule has 1 amide bonds. The first-order valence-corrected chi connectivity index (χ1v) is 9.67. The maximum absolute atomic E-state index is 13.4. The molecule has 0 saturated carbocycles. The zero-order valence-corrected chi connectivity index (χ0v) is 16.7. The molecule has 29 heavy (non-hydrogen) atoms. The minimum atomic E-state index is -0.967. The fourth-order valence-corrected chi connectivity index (χ4v) is 5.22. The number of Topliss-reactive ketones (excluding diaryl/α,β-unsaturated/α-hetero) is 2. The lowest BCUT2D eigenvalue weighted by molar-refractivity contribution is -0.144. The second-order valence-electron chi connectivity index (χ2n) is 7.85. The number of primary amides is 1. The zero-order chi connectivity index (χ0) is 21.1. The first-order valence-electron chi connectivity index (χ1n) is 9.67. The average molecular weight is 406 g/mol. The maximum atomic E-state index is 13.4. The molecule has 4 N–H and O–H groups in total. The van der Waals surface area contributed by atoms with Crippen LogP contribution >= 0.6 is 0 Å². The predicted octanol–water partition coefficient (Wildman–Crippen LogP) is -1.30. The largest absolute Gasteiger partial charge is 0.449 e. The number of amides is 1. The number of likely N-dealkylation sites (N-methyl/N-ethyl adjacent to an activating group) is 1. The van der Waals surface area contributed by atoms with Gasteiger partial charge in [0.25, 0.3) is 0 Å². The minimum Gasteiger partial charge on any atom is -0.449 e. The summed E-state index contributed by atoms with van der Waals surface area (Å²) in [5.41, 5.74) is 5.41. The SMILES string of the molecule is COC12[C@@H](COC(N)=O)C3=C(C(=O)C(C)=C(NCCCO)C3=O)N1C[C@@H]1[C@H]2N1C. The number of hydrogen-bond acceptors (Lipinski definition) is 9. The molecule has 5 atom stereocenters. The van der Waals surface area contributed by atoms with Crippen molar-refractivity contribution in [3.05, 3.63) is 22.5 Å². The molecule has 0 bridgehead atoms. The topological polar surface area (TPSA) is 134 Å². The molecule has 2 saturated heterocycles. The normalized spacial score (nSPS) is 35.0. The second kappa shape index (κ2) is 6.82. The summed E-state index contributed by atoms with van der Waals surface area (Å²) in [6, 6.07) is 0.183. The molecule has 0 aromatic heterocycles. The number of allylic oxidation sites excluding steroid dienone is 2. The van der Waals surface area contributed by atoms with Crippen molar-refractivity contribution in [2.24, 2.45) is 11.7 Å². The monoisotopic (exact) mass is 406 g/mol. The number of nitrogens with two attached hydrogens (primary N) is 1. The molecule has 10 heteroatoms. The molecule has 0 radical (unpaired) electrons. The number of rotatable bonds is 7. The van der Waals surface area contributed by atoms with Gasteiger partial charge in [0.1, 0.15) is 6.61 Å². The Bertz CT molecular complexity index is 852. The van der Waals surface area contributed by atoms with Gasteiger partial charge < -0.3 is 30.5 Å². The molecule has 1 aliphatic carbocycles. The second-order valence-corrected chi connectivity index (χ2v) is 7.85. The smallest absolute Gasteiger partial charge is 0.404 e. The number of carbonyl (C=O) groups excluding carboxylic acids is 3. The van der Waals surface area contributed by atoms with Crippen molar-refractivity contribution in [1.29, 1.82) is 0 Å². The Hall–Kier alpha value is -2.43. The summed E-state index contributed by atoms with van der Waals surface area (Å²) in [5.74, 6) is -1.19. The van der Waals surface area contributed by atoms with Gasteiger partial charge in [-0.15, -0.1) is 0 Å². The molecule has 158 valence electrons. The number of hydrogen-bond donors (Lipinski definition) is 3. The van der Waals surface area contributed by atoms with Crippen molar-refractivity contribution in [2.45, 2.75) is 31.2 Å². The Morgan fingerprint density at radius 3 is 2.72 bits per heavy atom. The van der Waals surface area contributed by atoms with Gasteiger partial charge in [0.2, 0.25) is 11.6 Å².